The fraction of sp³-hybridized carbons (Fsp3) is 0.294. The topological polar surface area (TPSA) is 15.3 Å². The lowest BCUT2D eigenvalue weighted by molar-refractivity contribution is 0.628. The first-order chi connectivity index (χ1) is 9.61. The third-order valence-electron chi connectivity index (χ3n) is 3.40. The highest BCUT2D eigenvalue weighted by atomic mass is 19.1. The molecule has 0 saturated carbocycles. The number of hydrogen-bond donors (Lipinski definition) is 1. The molecule has 0 aliphatic heterocycles. The highest BCUT2D eigenvalue weighted by Crippen LogP contribution is 2.27. The van der Waals surface area contributed by atoms with Crippen LogP contribution >= 0.6 is 0 Å². The molecule has 3 heteroatoms. The van der Waals surface area contributed by atoms with Gasteiger partial charge in [-0.05, 0) is 48.9 Å². The van der Waals surface area contributed by atoms with Gasteiger partial charge < -0.3 is 10.2 Å². The maximum Gasteiger partial charge on any atom is 0.125 e. The van der Waals surface area contributed by atoms with Crippen molar-refractivity contribution in [2.24, 2.45) is 0 Å². The van der Waals surface area contributed by atoms with Gasteiger partial charge in [-0.1, -0.05) is 25.1 Å². The van der Waals surface area contributed by atoms with Crippen molar-refractivity contribution >= 4 is 11.4 Å². The summed E-state index contributed by atoms with van der Waals surface area (Å²) >= 11 is 0. The Balaban J connectivity index is 2.24. The fourth-order valence-electron chi connectivity index (χ4n) is 2.30. The van der Waals surface area contributed by atoms with Gasteiger partial charge in [0.2, 0.25) is 0 Å². The van der Waals surface area contributed by atoms with Gasteiger partial charge in [0.1, 0.15) is 5.82 Å². The number of benzene rings is 2. The Bertz CT molecular complexity index is 581. The normalized spacial score (nSPS) is 10.6. The lowest BCUT2D eigenvalue weighted by atomic mass is 10.1. The molecule has 0 bridgehead atoms. The minimum absolute atomic E-state index is 0.212. The van der Waals surface area contributed by atoms with Crippen LogP contribution in [0.3, 0.4) is 0 Å². The summed E-state index contributed by atoms with van der Waals surface area (Å²) in [6.07, 6.45) is 0. The monoisotopic (exact) mass is 272 g/mol. The van der Waals surface area contributed by atoms with Crippen molar-refractivity contribution < 1.29 is 4.39 Å². The predicted molar refractivity (Wildman–Crippen MR) is 83.0 cm³/mol. The third kappa shape index (κ3) is 3.36. The molecule has 2 rings (SSSR count). The standard InChI is InChI=1S/C17H21FN2/c1-4-19-12-14-8-9-17(13(2)10-14)20(3)16-7-5-6-15(18)11-16/h5-11,19H,4,12H2,1-3H3. The van der Waals surface area contributed by atoms with Crippen molar-refractivity contribution in [2.75, 3.05) is 18.5 Å². The summed E-state index contributed by atoms with van der Waals surface area (Å²) in [5.41, 5.74) is 4.40. The molecule has 0 heterocycles. The van der Waals surface area contributed by atoms with Gasteiger partial charge in [-0.2, -0.15) is 0 Å². The maximum atomic E-state index is 13.3. The van der Waals surface area contributed by atoms with Gasteiger partial charge in [-0.25, -0.2) is 4.39 Å². The van der Waals surface area contributed by atoms with Crippen LogP contribution in [0.4, 0.5) is 15.8 Å². The van der Waals surface area contributed by atoms with E-state index in [-0.39, 0.29) is 5.82 Å². The van der Waals surface area contributed by atoms with E-state index >= 15 is 0 Å². The number of nitrogens with one attached hydrogen (secondary N) is 1. The van der Waals surface area contributed by atoms with Crippen molar-refractivity contribution in [1.29, 1.82) is 0 Å². The molecule has 20 heavy (non-hydrogen) atoms. The molecule has 1 N–H and O–H groups in total. The van der Waals surface area contributed by atoms with E-state index in [1.807, 2.05) is 18.0 Å². The van der Waals surface area contributed by atoms with Gasteiger partial charge in [0.25, 0.3) is 0 Å². The number of halogens is 1. The van der Waals surface area contributed by atoms with E-state index in [0.29, 0.717) is 0 Å². The Morgan fingerprint density at radius 2 is 1.95 bits per heavy atom. The summed E-state index contributed by atoms with van der Waals surface area (Å²) in [7, 11) is 1.96. The molecule has 0 unspecified atom stereocenters. The summed E-state index contributed by atoms with van der Waals surface area (Å²) in [6.45, 7) is 6.02. The van der Waals surface area contributed by atoms with Crippen molar-refractivity contribution in [3.05, 3.63) is 59.4 Å². The summed E-state index contributed by atoms with van der Waals surface area (Å²) in [4.78, 5) is 2.01. The molecular formula is C17H21FN2. The van der Waals surface area contributed by atoms with E-state index in [2.05, 4.69) is 37.4 Å². The SMILES string of the molecule is CCNCc1ccc(N(C)c2cccc(F)c2)c(C)c1. The largest absolute Gasteiger partial charge is 0.344 e. The molecule has 0 saturated heterocycles. The van der Waals surface area contributed by atoms with Gasteiger partial charge >= 0.3 is 0 Å². The van der Waals surface area contributed by atoms with Crippen molar-refractivity contribution in [1.82, 2.24) is 5.32 Å². The van der Waals surface area contributed by atoms with E-state index in [4.69, 9.17) is 0 Å². The number of aryl methyl sites for hydroxylation is 1. The molecule has 0 amide bonds. The summed E-state index contributed by atoms with van der Waals surface area (Å²) in [5.74, 6) is -0.212. The average Bonchev–Trinajstić information content (AvgIpc) is 2.44. The number of rotatable bonds is 5. The molecule has 106 valence electrons. The Morgan fingerprint density at radius 3 is 2.60 bits per heavy atom. The van der Waals surface area contributed by atoms with E-state index in [1.54, 1.807) is 12.1 Å². The number of nitrogens with zero attached hydrogens (tertiary/aromatic N) is 1. The number of anilines is 2. The van der Waals surface area contributed by atoms with E-state index in [1.165, 1.54) is 17.2 Å². The van der Waals surface area contributed by atoms with Gasteiger partial charge in [0, 0.05) is 25.0 Å². The molecule has 0 fully saturated rings. The van der Waals surface area contributed by atoms with E-state index < -0.39 is 0 Å². The van der Waals surface area contributed by atoms with Crippen LogP contribution in [0.1, 0.15) is 18.1 Å². The van der Waals surface area contributed by atoms with Crippen LogP contribution in [-0.4, -0.2) is 13.6 Å². The third-order valence-corrected chi connectivity index (χ3v) is 3.40. The first-order valence-electron chi connectivity index (χ1n) is 6.91. The molecule has 0 radical (unpaired) electrons. The smallest absolute Gasteiger partial charge is 0.125 e. The minimum Gasteiger partial charge on any atom is -0.344 e. The number of hydrogen-bond acceptors (Lipinski definition) is 2. The molecule has 2 nitrogen and oxygen atoms in total. The molecular weight excluding hydrogens is 251 g/mol. The molecule has 0 aliphatic carbocycles. The first kappa shape index (κ1) is 14.5. The second kappa shape index (κ2) is 6.53. The zero-order valence-electron chi connectivity index (χ0n) is 12.3. The van der Waals surface area contributed by atoms with Crippen LogP contribution in [0.2, 0.25) is 0 Å². The predicted octanol–water partition coefficient (Wildman–Crippen LogP) is 4.01. The summed E-state index contributed by atoms with van der Waals surface area (Å²) < 4.78 is 13.3. The molecule has 0 atom stereocenters. The Kier molecular flexibility index (Phi) is 4.74. The molecule has 0 aromatic heterocycles. The molecule has 2 aromatic carbocycles. The van der Waals surface area contributed by atoms with E-state index in [0.717, 1.165) is 24.5 Å². The summed E-state index contributed by atoms with van der Waals surface area (Å²) in [5, 5.41) is 3.32. The first-order valence-corrected chi connectivity index (χ1v) is 6.91. The maximum absolute atomic E-state index is 13.3. The van der Waals surface area contributed by atoms with Crippen LogP contribution < -0.4 is 10.2 Å². The lowest BCUT2D eigenvalue weighted by Crippen LogP contribution is -2.14. The highest BCUT2D eigenvalue weighted by Gasteiger charge is 2.08. The highest BCUT2D eigenvalue weighted by molar-refractivity contribution is 5.65. The van der Waals surface area contributed by atoms with Gasteiger partial charge in [0.15, 0.2) is 0 Å². The van der Waals surface area contributed by atoms with Crippen LogP contribution in [0.25, 0.3) is 0 Å². The van der Waals surface area contributed by atoms with Gasteiger partial charge in [0.05, 0.1) is 0 Å². The second-order valence-electron chi connectivity index (χ2n) is 4.94. The molecule has 2 aromatic rings. The van der Waals surface area contributed by atoms with Gasteiger partial charge in [-0.15, -0.1) is 0 Å². The van der Waals surface area contributed by atoms with Crippen LogP contribution in [0, 0.1) is 12.7 Å². The Labute approximate surface area is 120 Å². The summed E-state index contributed by atoms with van der Waals surface area (Å²) in [6, 6.07) is 13.0. The van der Waals surface area contributed by atoms with Gasteiger partial charge in [-0.3, -0.25) is 0 Å². The fourth-order valence-corrected chi connectivity index (χ4v) is 2.30. The Hall–Kier alpha value is -1.87. The average molecular weight is 272 g/mol. The van der Waals surface area contributed by atoms with Crippen LogP contribution in [0.5, 0.6) is 0 Å². The Morgan fingerprint density at radius 1 is 1.15 bits per heavy atom. The zero-order valence-corrected chi connectivity index (χ0v) is 12.3. The second-order valence-corrected chi connectivity index (χ2v) is 4.94. The lowest BCUT2D eigenvalue weighted by Gasteiger charge is -2.22. The molecule has 0 aliphatic rings. The molecule has 0 spiro atoms. The van der Waals surface area contributed by atoms with Crippen molar-refractivity contribution in [3.63, 3.8) is 0 Å². The quantitative estimate of drug-likeness (QED) is 0.884. The van der Waals surface area contributed by atoms with Crippen molar-refractivity contribution in [2.45, 2.75) is 20.4 Å². The van der Waals surface area contributed by atoms with Crippen LogP contribution in [0.15, 0.2) is 42.5 Å². The van der Waals surface area contributed by atoms with Crippen LogP contribution in [-0.2, 0) is 6.54 Å². The zero-order chi connectivity index (χ0) is 14.5. The minimum atomic E-state index is -0.212. The van der Waals surface area contributed by atoms with E-state index in [9.17, 15) is 4.39 Å². The van der Waals surface area contributed by atoms with Crippen molar-refractivity contribution in [3.8, 4) is 0 Å².